The second-order valence-electron chi connectivity index (χ2n) is 5.66. The van der Waals surface area contributed by atoms with E-state index in [9.17, 15) is 0 Å². The Kier molecular flexibility index (Phi) is 3.82. The molecule has 1 saturated heterocycles. The molecule has 0 amide bonds. The van der Waals surface area contributed by atoms with Crippen molar-refractivity contribution in [1.29, 1.82) is 0 Å². The first-order valence-electron chi connectivity index (χ1n) is 7.19. The minimum Gasteiger partial charge on any atom is -0.361 e. The van der Waals surface area contributed by atoms with Gasteiger partial charge in [0.25, 0.3) is 0 Å². The van der Waals surface area contributed by atoms with Gasteiger partial charge in [0, 0.05) is 25.2 Å². The van der Waals surface area contributed by atoms with E-state index in [0.717, 1.165) is 37.6 Å². The Morgan fingerprint density at radius 2 is 2.30 bits per heavy atom. The number of aromatic nitrogens is 4. The van der Waals surface area contributed by atoms with Crippen LogP contribution in [0.5, 0.6) is 0 Å². The molecule has 0 radical (unpaired) electrons. The molecule has 1 fully saturated rings. The molecule has 0 aromatic carbocycles. The summed E-state index contributed by atoms with van der Waals surface area (Å²) in [6.07, 6.45) is 5.90. The quantitative estimate of drug-likeness (QED) is 0.851. The van der Waals surface area contributed by atoms with Gasteiger partial charge in [-0.15, -0.1) is 0 Å². The Morgan fingerprint density at radius 3 is 3.00 bits per heavy atom. The average molecular weight is 275 g/mol. The van der Waals surface area contributed by atoms with Crippen LogP contribution in [-0.2, 0) is 13.1 Å². The Morgan fingerprint density at radius 1 is 1.40 bits per heavy atom. The number of piperidine rings is 1. The van der Waals surface area contributed by atoms with Gasteiger partial charge in [-0.2, -0.15) is 5.10 Å². The maximum absolute atomic E-state index is 5.25. The lowest BCUT2D eigenvalue weighted by Gasteiger charge is -2.32. The fourth-order valence-electron chi connectivity index (χ4n) is 2.99. The van der Waals surface area contributed by atoms with Crippen LogP contribution in [0.3, 0.4) is 0 Å². The van der Waals surface area contributed by atoms with Crippen LogP contribution in [-0.4, -0.2) is 37.9 Å². The normalized spacial score (nSPS) is 20.4. The van der Waals surface area contributed by atoms with Gasteiger partial charge in [-0.25, -0.2) is 4.98 Å². The van der Waals surface area contributed by atoms with E-state index in [4.69, 9.17) is 4.52 Å². The van der Waals surface area contributed by atoms with Gasteiger partial charge in [-0.3, -0.25) is 9.58 Å². The highest BCUT2D eigenvalue weighted by molar-refractivity contribution is 5.20. The van der Waals surface area contributed by atoms with Crippen LogP contribution in [0.4, 0.5) is 0 Å². The van der Waals surface area contributed by atoms with E-state index in [1.807, 2.05) is 18.5 Å². The van der Waals surface area contributed by atoms with Crippen molar-refractivity contribution in [3.63, 3.8) is 0 Å². The number of hydrogen-bond acceptors (Lipinski definition) is 5. The predicted molar refractivity (Wildman–Crippen MR) is 74.0 cm³/mol. The zero-order valence-corrected chi connectivity index (χ0v) is 12.1. The molecule has 3 heterocycles. The first kappa shape index (κ1) is 13.3. The summed E-state index contributed by atoms with van der Waals surface area (Å²) in [5.74, 6) is 1.59. The van der Waals surface area contributed by atoms with Crippen molar-refractivity contribution in [2.75, 3.05) is 13.1 Å². The van der Waals surface area contributed by atoms with E-state index >= 15 is 0 Å². The zero-order chi connectivity index (χ0) is 13.9. The van der Waals surface area contributed by atoms with Gasteiger partial charge in [0.15, 0.2) is 0 Å². The average Bonchev–Trinajstić information content (AvgIpc) is 3.04. The summed E-state index contributed by atoms with van der Waals surface area (Å²) in [4.78, 5) is 6.51. The number of rotatable bonds is 4. The molecule has 2 aromatic heterocycles. The Balaban J connectivity index is 1.60. The Labute approximate surface area is 118 Å². The lowest BCUT2D eigenvalue weighted by Crippen LogP contribution is -2.36. The lowest BCUT2D eigenvalue weighted by atomic mass is 9.97. The number of nitrogens with zero attached hydrogens (tertiary/aromatic N) is 5. The third-order valence-electron chi connectivity index (χ3n) is 4.08. The van der Waals surface area contributed by atoms with Gasteiger partial charge in [0.1, 0.15) is 18.4 Å². The molecule has 20 heavy (non-hydrogen) atoms. The van der Waals surface area contributed by atoms with Crippen LogP contribution >= 0.6 is 0 Å². The maximum atomic E-state index is 5.25. The third kappa shape index (κ3) is 2.90. The summed E-state index contributed by atoms with van der Waals surface area (Å²) in [5.41, 5.74) is 2.26. The smallest absolute Gasteiger partial charge is 0.138 e. The molecule has 6 nitrogen and oxygen atoms in total. The van der Waals surface area contributed by atoms with Crippen LogP contribution in [0.1, 0.15) is 29.9 Å². The summed E-state index contributed by atoms with van der Waals surface area (Å²) in [7, 11) is 0. The molecule has 0 aliphatic carbocycles. The topological polar surface area (TPSA) is 60.0 Å². The van der Waals surface area contributed by atoms with Gasteiger partial charge in [0.2, 0.25) is 0 Å². The summed E-state index contributed by atoms with van der Waals surface area (Å²) in [5, 5.41) is 8.24. The SMILES string of the molecule is Cc1noc(C)c1CN1CCCC(Cn2cncn2)C1. The standard InChI is InChI=1S/C14H21N5O/c1-11-14(12(2)20-17-11)8-18-5-3-4-13(6-18)7-19-10-15-9-16-19/h9-10,13H,3-8H2,1-2H3. The monoisotopic (exact) mass is 275 g/mol. The van der Waals surface area contributed by atoms with Crippen molar-refractivity contribution in [1.82, 2.24) is 24.8 Å². The highest BCUT2D eigenvalue weighted by atomic mass is 16.5. The van der Waals surface area contributed by atoms with E-state index < -0.39 is 0 Å². The first-order chi connectivity index (χ1) is 9.72. The number of likely N-dealkylation sites (tertiary alicyclic amines) is 1. The summed E-state index contributed by atoms with van der Waals surface area (Å²) >= 11 is 0. The van der Waals surface area contributed by atoms with E-state index in [-0.39, 0.29) is 0 Å². The molecule has 2 aromatic rings. The van der Waals surface area contributed by atoms with Crippen molar-refractivity contribution in [2.45, 2.75) is 39.8 Å². The second-order valence-corrected chi connectivity index (χ2v) is 5.66. The molecule has 1 aliphatic heterocycles. The molecule has 0 spiro atoms. The largest absolute Gasteiger partial charge is 0.361 e. The van der Waals surface area contributed by atoms with Crippen molar-refractivity contribution in [3.05, 3.63) is 29.7 Å². The fourth-order valence-corrected chi connectivity index (χ4v) is 2.99. The second kappa shape index (κ2) is 5.75. The molecule has 3 rings (SSSR count). The molecule has 0 saturated carbocycles. The molecule has 0 N–H and O–H groups in total. The van der Waals surface area contributed by atoms with Crippen LogP contribution in [0.15, 0.2) is 17.2 Å². The van der Waals surface area contributed by atoms with E-state index in [2.05, 4.69) is 20.1 Å². The lowest BCUT2D eigenvalue weighted by molar-refractivity contribution is 0.152. The van der Waals surface area contributed by atoms with E-state index in [1.54, 1.807) is 12.7 Å². The molecule has 1 aliphatic rings. The van der Waals surface area contributed by atoms with Crippen LogP contribution in [0, 0.1) is 19.8 Å². The summed E-state index contributed by atoms with van der Waals surface area (Å²) < 4.78 is 7.18. The van der Waals surface area contributed by atoms with Gasteiger partial charge in [-0.05, 0) is 39.2 Å². The highest BCUT2D eigenvalue weighted by Crippen LogP contribution is 2.22. The minimum absolute atomic E-state index is 0.644. The molecule has 1 atom stereocenters. The van der Waals surface area contributed by atoms with E-state index in [0.29, 0.717) is 5.92 Å². The summed E-state index contributed by atoms with van der Waals surface area (Å²) in [6, 6.07) is 0. The number of hydrogen-bond donors (Lipinski definition) is 0. The first-order valence-corrected chi connectivity index (χ1v) is 7.19. The van der Waals surface area contributed by atoms with Gasteiger partial charge in [-0.1, -0.05) is 5.16 Å². The highest BCUT2D eigenvalue weighted by Gasteiger charge is 2.22. The van der Waals surface area contributed by atoms with E-state index in [1.165, 1.54) is 18.4 Å². The Hall–Kier alpha value is -1.69. The third-order valence-corrected chi connectivity index (χ3v) is 4.08. The Bertz CT molecular complexity index is 528. The zero-order valence-electron chi connectivity index (χ0n) is 12.1. The number of aryl methyl sites for hydroxylation is 2. The molecule has 6 heteroatoms. The molecule has 1 unspecified atom stereocenters. The van der Waals surface area contributed by atoms with Crippen molar-refractivity contribution < 1.29 is 4.52 Å². The predicted octanol–water partition coefficient (Wildman–Crippen LogP) is 1.80. The van der Waals surface area contributed by atoms with Gasteiger partial charge >= 0.3 is 0 Å². The molecule has 0 bridgehead atoms. The van der Waals surface area contributed by atoms with Crippen LogP contribution in [0.25, 0.3) is 0 Å². The van der Waals surface area contributed by atoms with Crippen LogP contribution in [0.2, 0.25) is 0 Å². The molecular formula is C14H21N5O. The summed E-state index contributed by atoms with van der Waals surface area (Å²) in [6.45, 7) is 8.16. The minimum atomic E-state index is 0.644. The maximum Gasteiger partial charge on any atom is 0.138 e. The van der Waals surface area contributed by atoms with Crippen molar-refractivity contribution >= 4 is 0 Å². The van der Waals surface area contributed by atoms with Crippen molar-refractivity contribution in [3.8, 4) is 0 Å². The van der Waals surface area contributed by atoms with Crippen LogP contribution < -0.4 is 0 Å². The van der Waals surface area contributed by atoms with Gasteiger partial charge in [0.05, 0.1) is 5.69 Å². The fraction of sp³-hybridized carbons (Fsp3) is 0.643. The van der Waals surface area contributed by atoms with Gasteiger partial charge < -0.3 is 4.52 Å². The van der Waals surface area contributed by atoms with Crippen molar-refractivity contribution in [2.24, 2.45) is 5.92 Å². The molecule has 108 valence electrons. The molecular weight excluding hydrogens is 254 g/mol.